The average Bonchev–Trinajstić information content (AvgIpc) is 3.20. The van der Waals surface area contributed by atoms with Gasteiger partial charge in [0.25, 0.3) is 0 Å². The molecular formula is C18H28N2O4. The van der Waals surface area contributed by atoms with Gasteiger partial charge in [0.15, 0.2) is 0 Å². The van der Waals surface area contributed by atoms with Crippen LogP contribution >= 0.6 is 0 Å². The molecule has 0 radical (unpaired) electrons. The lowest BCUT2D eigenvalue weighted by molar-refractivity contribution is -0.123. The number of hydrogen-bond acceptors (Lipinski definition) is 4. The van der Waals surface area contributed by atoms with Crippen LogP contribution in [0, 0.1) is 5.92 Å². The molecule has 1 aromatic heterocycles. The van der Waals surface area contributed by atoms with Gasteiger partial charge in [-0.3, -0.25) is 4.79 Å². The SMILES string of the molecule is CC(C)(C)OC(=O)NC[C@](C)(NC(=O)CCc1ccco1)C1CC1. The first-order chi connectivity index (χ1) is 11.2. The second kappa shape index (κ2) is 7.28. The van der Waals surface area contributed by atoms with E-state index >= 15 is 0 Å². The predicted molar refractivity (Wildman–Crippen MR) is 90.5 cm³/mol. The van der Waals surface area contributed by atoms with Gasteiger partial charge in [-0.25, -0.2) is 4.79 Å². The van der Waals surface area contributed by atoms with E-state index in [0.29, 0.717) is 25.3 Å². The molecule has 1 saturated carbocycles. The Morgan fingerprint density at radius 3 is 2.54 bits per heavy atom. The van der Waals surface area contributed by atoms with Crippen LogP contribution < -0.4 is 10.6 Å². The van der Waals surface area contributed by atoms with Gasteiger partial charge in [0.2, 0.25) is 5.91 Å². The van der Waals surface area contributed by atoms with E-state index < -0.39 is 17.2 Å². The van der Waals surface area contributed by atoms with E-state index in [4.69, 9.17) is 9.15 Å². The summed E-state index contributed by atoms with van der Waals surface area (Å²) >= 11 is 0. The molecule has 134 valence electrons. The third-order valence-electron chi connectivity index (χ3n) is 4.08. The average molecular weight is 336 g/mol. The molecule has 0 aliphatic heterocycles. The highest BCUT2D eigenvalue weighted by molar-refractivity contribution is 5.77. The lowest BCUT2D eigenvalue weighted by Crippen LogP contribution is -2.55. The van der Waals surface area contributed by atoms with Crippen molar-refractivity contribution >= 4 is 12.0 Å². The van der Waals surface area contributed by atoms with Crippen molar-refractivity contribution in [2.45, 2.75) is 64.5 Å². The molecule has 1 fully saturated rings. The maximum atomic E-state index is 12.3. The van der Waals surface area contributed by atoms with E-state index in [-0.39, 0.29) is 5.91 Å². The summed E-state index contributed by atoms with van der Waals surface area (Å²) in [6, 6.07) is 3.67. The number of furan rings is 1. The standard InChI is InChI=1S/C18H28N2O4/c1-17(2,3)24-16(22)19-12-18(4,13-7-8-13)20-15(21)10-9-14-6-5-11-23-14/h5-6,11,13H,7-10,12H2,1-4H3,(H,19,22)(H,20,21)/t18-/m0/s1. The molecule has 0 saturated heterocycles. The van der Waals surface area contributed by atoms with Crippen molar-refractivity contribution < 1.29 is 18.7 Å². The van der Waals surface area contributed by atoms with Crippen molar-refractivity contribution in [2.24, 2.45) is 5.92 Å². The number of carbonyl (C=O) groups excluding carboxylic acids is 2. The first kappa shape index (κ1) is 18.4. The Balaban J connectivity index is 1.83. The van der Waals surface area contributed by atoms with Crippen LogP contribution in [0.4, 0.5) is 4.79 Å². The second-order valence-corrected chi connectivity index (χ2v) is 7.67. The molecule has 2 rings (SSSR count). The molecule has 6 heteroatoms. The molecule has 0 spiro atoms. The predicted octanol–water partition coefficient (Wildman–Crippen LogP) is 3.02. The van der Waals surface area contributed by atoms with Crippen molar-refractivity contribution in [2.75, 3.05) is 6.54 Å². The summed E-state index contributed by atoms with van der Waals surface area (Å²) in [5.41, 5.74) is -0.983. The van der Waals surface area contributed by atoms with Crippen LogP contribution in [0.2, 0.25) is 0 Å². The number of hydrogen-bond donors (Lipinski definition) is 2. The van der Waals surface area contributed by atoms with E-state index in [1.165, 1.54) is 0 Å². The zero-order chi connectivity index (χ0) is 17.8. The highest BCUT2D eigenvalue weighted by Crippen LogP contribution is 2.39. The normalized spacial score (nSPS) is 17.0. The first-order valence-corrected chi connectivity index (χ1v) is 8.48. The summed E-state index contributed by atoms with van der Waals surface area (Å²) < 4.78 is 10.5. The zero-order valence-corrected chi connectivity index (χ0v) is 15.0. The maximum Gasteiger partial charge on any atom is 0.407 e. The van der Waals surface area contributed by atoms with Gasteiger partial charge in [0.05, 0.1) is 11.8 Å². The number of alkyl carbamates (subject to hydrolysis) is 1. The Bertz CT molecular complexity index is 558. The van der Waals surface area contributed by atoms with Gasteiger partial charge in [0, 0.05) is 19.4 Å². The van der Waals surface area contributed by atoms with Crippen LogP contribution in [-0.4, -0.2) is 29.7 Å². The van der Waals surface area contributed by atoms with Crippen LogP contribution in [0.5, 0.6) is 0 Å². The molecule has 0 unspecified atom stereocenters. The zero-order valence-electron chi connectivity index (χ0n) is 15.0. The summed E-state index contributed by atoms with van der Waals surface area (Å²) in [6.45, 7) is 7.81. The van der Waals surface area contributed by atoms with Crippen LogP contribution in [0.1, 0.15) is 52.7 Å². The fourth-order valence-electron chi connectivity index (χ4n) is 2.65. The third-order valence-corrected chi connectivity index (χ3v) is 4.08. The van der Waals surface area contributed by atoms with Crippen molar-refractivity contribution in [3.05, 3.63) is 24.2 Å². The molecule has 0 bridgehead atoms. The van der Waals surface area contributed by atoms with Crippen molar-refractivity contribution in [1.29, 1.82) is 0 Å². The van der Waals surface area contributed by atoms with Crippen molar-refractivity contribution in [3.63, 3.8) is 0 Å². The van der Waals surface area contributed by atoms with Crippen LogP contribution in [-0.2, 0) is 16.0 Å². The number of ether oxygens (including phenoxy) is 1. The Morgan fingerprint density at radius 2 is 2.00 bits per heavy atom. The number of aryl methyl sites for hydroxylation is 1. The van der Waals surface area contributed by atoms with E-state index in [1.54, 1.807) is 6.26 Å². The number of amides is 2. The molecular weight excluding hydrogens is 308 g/mol. The molecule has 1 atom stereocenters. The monoisotopic (exact) mass is 336 g/mol. The van der Waals surface area contributed by atoms with Gasteiger partial charge in [-0.05, 0) is 58.6 Å². The fourth-order valence-corrected chi connectivity index (χ4v) is 2.65. The minimum absolute atomic E-state index is 0.0354. The van der Waals surface area contributed by atoms with Gasteiger partial charge in [-0.1, -0.05) is 0 Å². The van der Waals surface area contributed by atoms with Crippen LogP contribution in [0.25, 0.3) is 0 Å². The van der Waals surface area contributed by atoms with Gasteiger partial charge >= 0.3 is 6.09 Å². The molecule has 0 aromatic carbocycles. The molecule has 1 aliphatic rings. The van der Waals surface area contributed by atoms with Gasteiger partial charge in [0.1, 0.15) is 11.4 Å². The highest BCUT2D eigenvalue weighted by Gasteiger charge is 2.42. The Hall–Kier alpha value is -1.98. The highest BCUT2D eigenvalue weighted by atomic mass is 16.6. The quantitative estimate of drug-likeness (QED) is 0.802. The molecule has 6 nitrogen and oxygen atoms in total. The number of carbonyl (C=O) groups is 2. The Labute approximate surface area is 143 Å². The molecule has 2 N–H and O–H groups in total. The van der Waals surface area contributed by atoms with Crippen LogP contribution in [0.3, 0.4) is 0 Å². The lowest BCUT2D eigenvalue weighted by Gasteiger charge is -2.32. The lowest BCUT2D eigenvalue weighted by atomic mass is 9.95. The van der Waals surface area contributed by atoms with E-state index in [2.05, 4.69) is 10.6 Å². The molecule has 2 amide bonds. The minimum Gasteiger partial charge on any atom is -0.469 e. The second-order valence-electron chi connectivity index (χ2n) is 7.67. The van der Waals surface area contributed by atoms with Gasteiger partial charge in [-0.2, -0.15) is 0 Å². The first-order valence-electron chi connectivity index (χ1n) is 8.48. The summed E-state index contributed by atoms with van der Waals surface area (Å²) in [5.74, 6) is 1.15. The van der Waals surface area contributed by atoms with Crippen molar-refractivity contribution in [3.8, 4) is 0 Å². The van der Waals surface area contributed by atoms with Crippen LogP contribution in [0.15, 0.2) is 22.8 Å². The number of nitrogens with one attached hydrogen (secondary N) is 2. The van der Waals surface area contributed by atoms with Crippen molar-refractivity contribution in [1.82, 2.24) is 10.6 Å². The van der Waals surface area contributed by atoms with Gasteiger partial charge in [-0.15, -0.1) is 0 Å². The molecule has 24 heavy (non-hydrogen) atoms. The summed E-state index contributed by atoms with van der Waals surface area (Å²) in [5, 5.41) is 5.87. The molecule has 1 heterocycles. The van der Waals surface area contributed by atoms with Gasteiger partial charge < -0.3 is 19.8 Å². The Morgan fingerprint density at radius 1 is 1.29 bits per heavy atom. The Kier molecular flexibility index (Phi) is 5.57. The number of rotatable bonds is 7. The summed E-state index contributed by atoms with van der Waals surface area (Å²) in [7, 11) is 0. The fraction of sp³-hybridized carbons (Fsp3) is 0.667. The smallest absolute Gasteiger partial charge is 0.407 e. The third kappa shape index (κ3) is 5.91. The topological polar surface area (TPSA) is 80.6 Å². The van der Waals surface area contributed by atoms with E-state index in [9.17, 15) is 9.59 Å². The molecule has 1 aliphatic carbocycles. The molecule has 1 aromatic rings. The van der Waals surface area contributed by atoms with E-state index in [0.717, 1.165) is 18.6 Å². The van der Waals surface area contributed by atoms with E-state index in [1.807, 2.05) is 39.8 Å². The summed E-state index contributed by atoms with van der Waals surface area (Å²) in [6.07, 6.45) is 4.20. The summed E-state index contributed by atoms with van der Waals surface area (Å²) in [4.78, 5) is 24.1. The minimum atomic E-state index is -0.535. The maximum absolute atomic E-state index is 12.3. The largest absolute Gasteiger partial charge is 0.469 e.